The molecule has 80 valence electrons. The molecule has 0 fully saturated rings. The minimum absolute atomic E-state index is 0.226. The molecule has 0 saturated heterocycles. The van der Waals surface area contributed by atoms with E-state index in [0.29, 0.717) is 11.5 Å². The Balaban J connectivity index is 2.88. The summed E-state index contributed by atoms with van der Waals surface area (Å²) in [5.41, 5.74) is 6.95. The largest absolute Gasteiger partial charge is 0.383 e. The van der Waals surface area contributed by atoms with Gasteiger partial charge in [-0.15, -0.1) is 0 Å². The normalized spacial score (nSPS) is 11.5. The molecule has 15 heavy (non-hydrogen) atoms. The number of nitrogens with one attached hydrogen (secondary N) is 1. The van der Waals surface area contributed by atoms with Crippen molar-refractivity contribution < 1.29 is 0 Å². The van der Waals surface area contributed by atoms with Crippen LogP contribution in [0.3, 0.4) is 0 Å². The third-order valence-electron chi connectivity index (χ3n) is 2.16. The Kier molecular flexibility index (Phi) is 2.30. The van der Waals surface area contributed by atoms with Gasteiger partial charge in [-0.25, -0.2) is 0 Å². The maximum Gasteiger partial charge on any atom is 0.253 e. The van der Waals surface area contributed by atoms with Crippen LogP contribution in [0.15, 0.2) is 15.3 Å². The van der Waals surface area contributed by atoms with Crippen LogP contribution in [0.5, 0.6) is 0 Å². The smallest absolute Gasteiger partial charge is 0.253 e. The highest BCUT2D eigenvalue weighted by Gasteiger charge is 2.15. The number of nitrogens with zero attached hydrogens (tertiary/aromatic N) is 2. The number of fused-ring (bicyclic) bond motifs is 1. The standard InChI is InChI=1S/C9H11BrN4O/c1-4(2)8-7(10)9-12-6(15)3-5(11)14(9)13-8/h3-4H,11H2,1-2H3,(H,12,15). The van der Waals surface area contributed by atoms with Crippen molar-refractivity contribution in [1.29, 1.82) is 0 Å². The van der Waals surface area contributed by atoms with Gasteiger partial charge in [0.15, 0.2) is 5.65 Å². The molecule has 0 aliphatic rings. The zero-order chi connectivity index (χ0) is 11.2. The van der Waals surface area contributed by atoms with Gasteiger partial charge < -0.3 is 10.7 Å². The van der Waals surface area contributed by atoms with Crippen LogP contribution in [0.25, 0.3) is 5.65 Å². The lowest BCUT2D eigenvalue weighted by Crippen LogP contribution is -2.11. The second-order valence-electron chi connectivity index (χ2n) is 3.67. The van der Waals surface area contributed by atoms with Crippen LogP contribution in [0.2, 0.25) is 0 Å². The van der Waals surface area contributed by atoms with Gasteiger partial charge in [0.2, 0.25) is 0 Å². The second-order valence-corrected chi connectivity index (χ2v) is 4.47. The molecule has 0 aromatic carbocycles. The molecule has 0 bridgehead atoms. The van der Waals surface area contributed by atoms with E-state index in [4.69, 9.17) is 5.73 Å². The third-order valence-corrected chi connectivity index (χ3v) is 2.95. The predicted octanol–water partition coefficient (Wildman–Crippen LogP) is 1.49. The number of hydrogen-bond acceptors (Lipinski definition) is 3. The lowest BCUT2D eigenvalue weighted by molar-refractivity contribution is 0.786. The first-order valence-corrected chi connectivity index (χ1v) is 5.37. The van der Waals surface area contributed by atoms with Gasteiger partial charge in [0.05, 0.1) is 10.2 Å². The van der Waals surface area contributed by atoms with Crippen LogP contribution in [0.1, 0.15) is 25.5 Å². The van der Waals surface area contributed by atoms with Crippen molar-refractivity contribution in [2.45, 2.75) is 19.8 Å². The summed E-state index contributed by atoms with van der Waals surface area (Å²) >= 11 is 3.41. The zero-order valence-corrected chi connectivity index (χ0v) is 10.00. The first-order valence-electron chi connectivity index (χ1n) is 4.57. The fraction of sp³-hybridized carbons (Fsp3) is 0.333. The predicted molar refractivity (Wildman–Crippen MR) is 62.0 cm³/mol. The number of nitrogens with two attached hydrogens (primary N) is 1. The van der Waals surface area contributed by atoms with Gasteiger partial charge in [-0.2, -0.15) is 9.61 Å². The van der Waals surface area contributed by atoms with E-state index in [1.165, 1.54) is 10.6 Å². The first-order chi connectivity index (χ1) is 7.00. The summed E-state index contributed by atoms with van der Waals surface area (Å²) in [7, 11) is 0. The maximum absolute atomic E-state index is 11.2. The number of halogens is 1. The third kappa shape index (κ3) is 1.54. The molecule has 2 aromatic rings. The number of anilines is 1. The van der Waals surface area contributed by atoms with Gasteiger partial charge in [-0.1, -0.05) is 13.8 Å². The average molecular weight is 271 g/mol. The lowest BCUT2D eigenvalue weighted by Gasteiger charge is -1.97. The summed E-state index contributed by atoms with van der Waals surface area (Å²) in [6.45, 7) is 4.06. The zero-order valence-electron chi connectivity index (χ0n) is 8.41. The average Bonchev–Trinajstić information content (AvgIpc) is 2.44. The summed E-state index contributed by atoms with van der Waals surface area (Å²) in [5.74, 6) is 0.600. The van der Waals surface area contributed by atoms with E-state index >= 15 is 0 Å². The van der Waals surface area contributed by atoms with Crippen LogP contribution < -0.4 is 11.3 Å². The Morgan fingerprint density at radius 1 is 1.60 bits per heavy atom. The molecule has 0 atom stereocenters. The number of nitrogen functional groups attached to an aromatic ring is 1. The molecule has 0 unspecified atom stereocenters. The number of aromatic amines is 1. The van der Waals surface area contributed by atoms with Gasteiger partial charge in [0.25, 0.3) is 5.56 Å². The molecule has 2 heterocycles. The fourth-order valence-electron chi connectivity index (χ4n) is 1.43. The van der Waals surface area contributed by atoms with Gasteiger partial charge in [0.1, 0.15) is 5.82 Å². The van der Waals surface area contributed by atoms with Crippen molar-refractivity contribution in [2.24, 2.45) is 0 Å². The Morgan fingerprint density at radius 3 is 2.87 bits per heavy atom. The Morgan fingerprint density at radius 2 is 2.27 bits per heavy atom. The van der Waals surface area contributed by atoms with Gasteiger partial charge in [0, 0.05) is 6.07 Å². The van der Waals surface area contributed by atoms with Crippen LogP contribution in [0.4, 0.5) is 5.82 Å². The van der Waals surface area contributed by atoms with Crippen LogP contribution in [-0.2, 0) is 0 Å². The quantitative estimate of drug-likeness (QED) is 0.825. The molecule has 5 nitrogen and oxygen atoms in total. The minimum atomic E-state index is -0.226. The second kappa shape index (κ2) is 3.37. The molecular weight excluding hydrogens is 260 g/mol. The molecule has 0 radical (unpaired) electrons. The van der Waals surface area contributed by atoms with E-state index in [0.717, 1.165) is 10.2 Å². The van der Waals surface area contributed by atoms with Crippen molar-refractivity contribution in [2.75, 3.05) is 5.73 Å². The monoisotopic (exact) mass is 270 g/mol. The summed E-state index contributed by atoms with van der Waals surface area (Å²) in [6, 6.07) is 1.32. The van der Waals surface area contributed by atoms with E-state index in [2.05, 4.69) is 26.0 Å². The molecule has 0 aliphatic heterocycles. The van der Waals surface area contributed by atoms with Crippen molar-refractivity contribution in [3.63, 3.8) is 0 Å². The van der Waals surface area contributed by atoms with Gasteiger partial charge in [-0.3, -0.25) is 4.79 Å². The highest BCUT2D eigenvalue weighted by Crippen LogP contribution is 2.27. The molecular formula is C9H11BrN4O. The Hall–Kier alpha value is -1.30. The number of hydrogen-bond donors (Lipinski definition) is 2. The Labute approximate surface area is 94.4 Å². The molecule has 0 saturated carbocycles. The summed E-state index contributed by atoms with van der Waals surface area (Å²) < 4.78 is 2.32. The maximum atomic E-state index is 11.2. The van der Waals surface area contributed by atoms with E-state index in [1.54, 1.807) is 0 Å². The van der Waals surface area contributed by atoms with Crippen molar-refractivity contribution in [3.05, 3.63) is 26.6 Å². The van der Waals surface area contributed by atoms with Crippen LogP contribution in [-0.4, -0.2) is 14.6 Å². The highest BCUT2D eigenvalue weighted by atomic mass is 79.9. The lowest BCUT2D eigenvalue weighted by atomic mass is 10.1. The fourth-order valence-corrected chi connectivity index (χ4v) is 2.23. The molecule has 2 rings (SSSR count). The number of H-pyrrole nitrogens is 1. The SMILES string of the molecule is CC(C)c1nn2c(N)cc(=O)[nH]c2c1Br. The van der Waals surface area contributed by atoms with E-state index in [-0.39, 0.29) is 11.5 Å². The van der Waals surface area contributed by atoms with E-state index < -0.39 is 0 Å². The molecule has 3 N–H and O–H groups in total. The van der Waals surface area contributed by atoms with Gasteiger partial charge in [-0.05, 0) is 21.8 Å². The summed E-state index contributed by atoms with van der Waals surface area (Å²) in [4.78, 5) is 13.9. The van der Waals surface area contributed by atoms with Crippen LogP contribution >= 0.6 is 15.9 Å². The first kappa shape index (κ1) is 10.2. The molecule has 0 aliphatic carbocycles. The number of aromatic nitrogens is 3. The van der Waals surface area contributed by atoms with Crippen molar-refractivity contribution in [1.82, 2.24) is 14.6 Å². The Bertz CT molecular complexity index is 569. The molecule has 6 heteroatoms. The summed E-state index contributed by atoms with van der Waals surface area (Å²) in [6.07, 6.45) is 0. The summed E-state index contributed by atoms with van der Waals surface area (Å²) in [5, 5.41) is 4.33. The number of rotatable bonds is 1. The van der Waals surface area contributed by atoms with Crippen molar-refractivity contribution in [3.8, 4) is 0 Å². The molecule has 2 aromatic heterocycles. The van der Waals surface area contributed by atoms with E-state index in [1.807, 2.05) is 13.8 Å². The van der Waals surface area contributed by atoms with Gasteiger partial charge >= 0.3 is 0 Å². The minimum Gasteiger partial charge on any atom is -0.383 e. The highest BCUT2D eigenvalue weighted by molar-refractivity contribution is 9.10. The molecule has 0 amide bonds. The van der Waals surface area contributed by atoms with E-state index in [9.17, 15) is 4.79 Å². The van der Waals surface area contributed by atoms with Crippen molar-refractivity contribution >= 4 is 27.4 Å². The molecule has 0 spiro atoms. The van der Waals surface area contributed by atoms with Crippen LogP contribution in [0, 0.1) is 0 Å². The topological polar surface area (TPSA) is 76.2 Å².